The van der Waals surface area contributed by atoms with Crippen LogP contribution < -0.4 is 5.32 Å². The SMILES string of the molecule is CCCNC(C)c1nc(-c2ccncn2)no1. The van der Waals surface area contributed by atoms with Crippen LogP contribution in [0, 0.1) is 0 Å². The second kappa shape index (κ2) is 5.49. The molecule has 6 heteroatoms. The van der Waals surface area contributed by atoms with Gasteiger partial charge in [-0.2, -0.15) is 4.98 Å². The van der Waals surface area contributed by atoms with Crippen LogP contribution in [-0.2, 0) is 0 Å². The van der Waals surface area contributed by atoms with Crippen LogP contribution in [0.4, 0.5) is 0 Å². The second-order valence-corrected chi connectivity index (χ2v) is 3.73. The molecule has 0 saturated carbocycles. The largest absolute Gasteiger partial charge is 0.337 e. The molecule has 0 spiro atoms. The highest BCUT2D eigenvalue weighted by Gasteiger charge is 2.14. The average Bonchev–Trinajstić information content (AvgIpc) is 2.86. The van der Waals surface area contributed by atoms with Crippen LogP contribution in [0.5, 0.6) is 0 Å². The predicted molar refractivity (Wildman–Crippen MR) is 62.0 cm³/mol. The van der Waals surface area contributed by atoms with Gasteiger partial charge in [0.25, 0.3) is 0 Å². The van der Waals surface area contributed by atoms with Gasteiger partial charge in [-0.05, 0) is 26.0 Å². The number of nitrogens with zero attached hydrogens (tertiary/aromatic N) is 4. The van der Waals surface area contributed by atoms with Gasteiger partial charge >= 0.3 is 0 Å². The van der Waals surface area contributed by atoms with Crippen LogP contribution in [0.15, 0.2) is 23.1 Å². The van der Waals surface area contributed by atoms with E-state index in [0.29, 0.717) is 17.4 Å². The van der Waals surface area contributed by atoms with Gasteiger partial charge in [-0.3, -0.25) is 0 Å². The summed E-state index contributed by atoms with van der Waals surface area (Å²) >= 11 is 0. The summed E-state index contributed by atoms with van der Waals surface area (Å²) in [5, 5.41) is 7.18. The van der Waals surface area contributed by atoms with Crippen molar-refractivity contribution in [1.29, 1.82) is 0 Å². The zero-order valence-electron chi connectivity index (χ0n) is 9.92. The Morgan fingerprint density at radius 3 is 3.06 bits per heavy atom. The van der Waals surface area contributed by atoms with Gasteiger partial charge in [-0.25, -0.2) is 9.97 Å². The maximum absolute atomic E-state index is 5.19. The molecule has 2 heterocycles. The van der Waals surface area contributed by atoms with E-state index in [9.17, 15) is 0 Å². The molecular formula is C11H15N5O. The Bertz CT molecular complexity index is 456. The molecule has 0 aliphatic carbocycles. The normalized spacial score (nSPS) is 12.6. The Morgan fingerprint density at radius 2 is 2.35 bits per heavy atom. The fourth-order valence-electron chi connectivity index (χ4n) is 1.39. The number of hydrogen-bond acceptors (Lipinski definition) is 6. The monoisotopic (exact) mass is 233 g/mol. The maximum Gasteiger partial charge on any atom is 0.243 e. The summed E-state index contributed by atoms with van der Waals surface area (Å²) in [6, 6.07) is 1.80. The zero-order chi connectivity index (χ0) is 12.1. The smallest absolute Gasteiger partial charge is 0.243 e. The minimum Gasteiger partial charge on any atom is -0.337 e. The summed E-state index contributed by atoms with van der Waals surface area (Å²) in [6.45, 7) is 5.03. The van der Waals surface area contributed by atoms with Crippen molar-refractivity contribution in [2.24, 2.45) is 0 Å². The molecule has 0 fully saturated rings. The molecule has 0 saturated heterocycles. The first-order valence-electron chi connectivity index (χ1n) is 5.64. The number of aromatic nitrogens is 4. The van der Waals surface area contributed by atoms with Crippen molar-refractivity contribution in [3.05, 3.63) is 24.5 Å². The van der Waals surface area contributed by atoms with Crippen LogP contribution >= 0.6 is 0 Å². The van der Waals surface area contributed by atoms with E-state index in [4.69, 9.17) is 4.52 Å². The lowest BCUT2D eigenvalue weighted by molar-refractivity contribution is 0.340. The first-order chi connectivity index (χ1) is 8.31. The van der Waals surface area contributed by atoms with E-state index in [1.165, 1.54) is 6.33 Å². The predicted octanol–water partition coefficient (Wildman–Crippen LogP) is 1.59. The quantitative estimate of drug-likeness (QED) is 0.845. The summed E-state index contributed by atoms with van der Waals surface area (Å²) in [5.41, 5.74) is 0.665. The zero-order valence-corrected chi connectivity index (χ0v) is 9.92. The lowest BCUT2D eigenvalue weighted by atomic mass is 10.3. The summed E-state index contributed by atoms with van der Waals surface area (Å²) in [5.74, 6) is 1.07. The molecule has 0 radical (unpaired) electrons. The summed E-state index contributed by atoms with van der Waals surface area (Å²) < 4.78 is 5.19. The van der Waals surface area contributed by atoms with E-state index >= 15 is 0 Å². The molecule has 1 unspecified atom stereocenters. The third-order valence-electron chi connectivity index (χ3n) is 2.32. The Balaban J connectivity index is 2.11. The molecule has 0 aromatic carbocycles. The molecule has 1 atom stereocenters. The van der Waals surface area contributed by atoms with Crippen LogP contribution in [0.1, 0.15) is 32.2 Å². The molecule has 0 aliphatic heterocycles. The Kier molecular flexibility index (Phi) is 3.77. The van der Waals surface area contributed by atoms with Crippen molar-refractivity contribution in [3.63, 3.8) is 0 Å². The van der Waals surface area contributed by atoms with Gasteiger partial charge in [0.05, 0.1) is 6.04 Å². The number of rotatable bonds is 5. The minimum absolute atomic E-state index is 0.0537. The van der Waals surface area contributed by atoms with Gasteiger partial charge < -0.3 is 9.84 Å². The number of nitrogens with one attached hydrogen (secondary N) is 1. The van der Waals surface area contributed by atoms with Crippen LogP contribution in [-0.4, -0.2) is 26.7 Å². The van der Waals surface area contributed by atoms with Crippen molar-refractivity contribution in [2.45, 2.75) is 26.3 Å². The van der Waals surface area contributed by atoms with Gasteiger partial charge in [0.15, 0.2) is 0 Å². The highest BCUT2D eigenvalue weighted by Crippen LogP contribution is 2.15. The molecule has 1 N–H and O–H groups in total. The second-order valence-electron chi connectivity index (χ2n) is 3.73. The molecule has 0 bridgehead atoms. The highest BCUT2D eigenvalue weighted by atomic mass is 16.5. The van der Waals surface area contributed by atoms with Crippen molar-refractivity contribution < 1.29 is 4.52 Å². The van der Waals surface area contributed by atoms with Gasteiger partial charge in [0, 0.05) is 6.20 Å². The molecule has 0 amide bonds. The molecule has 0 aliphatic rings. The van der Waals surface area contributed by atoms with Crippen molar-refractivity contribution >= 4 is 0 Å². The first-order valence-corrected chi connectivity index (χ1v) is 5.64. The van der Waals surface area contributed by atoms with E-state index in [-0.39, 0.29) is 6.04 Å². The van der Waals surface area contributed by atoms with Gasteiger partial charge in [0.2, 0.25) is 11.7 Å². The molecule has 6 nitrogen and oxygen atoms in total. The third-order valence-corrected chi connectivity index (χ3v) is 2.32. The van der Waals surface area contributed by atoms with Crippen molar-refractivity contribution in [2.75, 3.05) is 6.54 Å². The summed E-state index contributed by atoms with van der Waals surface area (Å²) in [6.07, 6.45) is 4.18. The Labute approximate surface area is 99.5 Å². The van der Waals surface area contributed by atoms with Crippen molar-refractivity contribution in [1.82, 2.24) is 25.4 Å². The fraction of sp³-hybridized carbons (Fsp3) is 0.455. The molecule has 2 rings (SSSR count). The van der Waals surface area contributed by atoms with Crippen LogP contribution in [0.3, 0.4) is 0 Å². The molecule has 2 aromatic rings. The lowest BCUT2D eigenvalue weighted by Gasteiger charge is -2.06. The average molecular weight is 233 g/mol. The molecule has 2 aromatic heterocycles. The summed E-state index contributed by atoms with van der Waals surface area (Å²) in [7, 11) is 0. The first kappa shape index (κ1) is 11.7. The lowest BCUT2D eigenvalue weighted by Crippen LogP contribution is -2.19. The van der Waals surface area contributed by atoms with Gasteiger partial charge in [0.1, 0.15) is 12.0 Å². The Morgan fingerprint density at radius 1 is 1.47 bits per heavy atom. The van der Waals surface area contributed by atoms with E-state index in [2.05, 4.69) is 32.3 Å². The molecule has 17 heavy (non-hydrogen) atoms. The van der Waals surface area contributed by atoms with Crippen molar-refractivity contribution in [3.8, 4) is 11.5 Å². The van der Waals surface area contributed by atoms with E-state index < -0.39 is 0 Å². The standard InChI is InChI=1S/C11H15N5O/c1-3-5-13-8(2)11-15-10(16-17-11)9-4-6-12-7-14-9/h4,6-8,13H,3,5H2,1-2H3. The number of hydrogen-bond donors (Lipinski definition) is 1. The van der Waals surface area contributed by atoms with E-state index in [1.54, 1.807) is 12.3 Å². The maximum atomic E-state index is 5.19. The van der Waals surface area contributed by atoms with Gasteiger partial charge in [-0.15, -0.1) is 0 Å². The van der Waals surface area contributed by atoms with E-state index in [1.807, 2.05) is 6.92 Å². The van der Waals surface area contributed by atoms with E-state index in [0.717, 1.165) is 13.0 Å². The minimum atomic E-state index is 0.0537. The third kappa shape index (κ3) is 2.85. The van der Waals surface area contributed by atoms with Gasteiger partial charge in [-0.1, -0.05) is 12.1 Å². The fourth-order valence-corrected chi connectivity index (χ4v) is 1.39. The molecular weight excluding hydrogens is 218 g/mol. The topological polar surface area (TPSA) is 76.7 Å². The van der Waals surface area contributed by atoms with Crippen LogP contribution in [0.2, 0.25) is 0 Å². The Hall–Kier alpha value is -1.82. The van der Waals surface area contributed by atoms with Crippen LogP contribution in [0.25, 0.3) is 11.5 Å². The highest BCUT2D eigenvalue weighted by molar-refractivity contribution is 5.46. The summed E-state index contributed by atoms with van der Waals surface area (Å²) in [4.78, 5) is 12.2. The molecule has 90 valence electrons.